The van der Waals surface area contributed by atoms with E-state index in [1.54, 1.807) is 0 Å². The van der Waals surface area contributed by atoms with E-state index in [9.17, 15) is 0 Å². The molecule has 0 aliphatic heterocycles. The van der Waals surface area contributed by atoms with E-state index in [-0.39, 0.29) is 13.0 Å². The van der Waals surface area contributed by atoms with E-state index in [2.05, 4.69) is 0 Å². The molecule has 0 atom stereocenters. The largest absolute Gasteiger partial charge is 0.493 e. The Morgan fingerprint density at radius 1 is 1.13 bits per heavy atom. The van der Waals surface area contributed by atoms with Crippen LogP contribution in [0.2, 0.25) is 0 Å². The fraction of sp³-hybridized carbons (Fsp3) is 0.455. The predicted octanol–water partition coefficient (Wildman–Crippen LogP) is 1.21. The molecule has 2 N–H and O–H groups in total. The molecule has 0 bridgehead atoms. The molecule has 0 amide bonds. The zero-order valence-corrected chi connectivity index (χ0v) is 7.87. The van der Waals surface area contributed by atoms with Crippen LogP contribution in [0.25, 0.3) is 0 Å². The van der Waals surface area contributed by atoms with Gasteiger partial charge in [-0.25, -0.2) is 0 Å². The van der Waals surface area contributed by atoms with Crippen LogP contribution in [0.15, 0.2) is 12.1 Å². The lowest BCUT2D eigenvalue weighted by Crippen LogP contribution is -2.04. The van der Waals surface area contributed by atoms with Gasteiger partial charge < -0.3 is 19.9 Å². The van der Waals surface area contributed by atoms with Crippen molar-refractivity contribution in [1.82, 2.24) is 0 Å². The molecule has 84 valence electrons. The van der Waals surface area contributed by atoms with Gasteiger partial charge in [0.05, 0.1) is 33.5 Å². The quantitative estimate of drug-likeness (QED) is 0.810. The molecule has 0 radical (unpaired) electrons. The van der Waals surface area contributed by atoms with Crippen LogP contribution in [0.1, 0.15) is 17.9 Å². The fourth-order valence-corrected chi connectivity index (χ4v) is 1.19. The van der Waals surface area contributed by atoms with Gasteiger partial charge in [0, 0.05) is 0 Å². The maximum Gasteiger partial charge on any atom is 0.203 e. The van der Waals surface area contributed by atoms with Gasteiger partial charge in [0.1, 0.15) is 0 Å². The second-order valence-electron chi connectivity index (χ2n) is 2.77. The smallest absolute Gasteiger partial charge is 0.203 e. The molecule has 4 heteroatoms. The highest BCUT2D eigenvalue weighted by atomic mass is 16.5. The molecule has 0 spiro atoms. The normalized spacial score (nSPS) is 21.3. The van der Waals surface area contributed by atoms with Crippen molar-refractivity contribution in [2.45, 2.75) is 6.42 Å². The summed E-state index contributed by atoms with van der Waals surface area (Å²) in [7, 11) is -8.80. The maximum atomic E-state index is 7.16. The number of benzene rings is 1. The summed E-state index contributed by atoms with van der Waals surface area (Å²) in [5.74, 6) is -1.59. The Kier molecular flexibility index (Phi) is 1.53. The van der Waals surface area contributed by atoms with Crippen LogP contribution in [-0.2, 0) is 6.42 Å². The van der Waals surface area contributed by atoms with Gasteiger partial charge in [-0.1, -0.05) is 0 Å². The first kappa shape index (κ1) is 4.22. The molecule has 1 aromatic rings. The van der Waals surface area contributed by atoms with Crippen LogP contribution in [0, 0.1) is 0 Å². The molecule has 0 aliphatic rings. The average molecular weight is 220 g/mol. The summed E-state index contributed by atoms with van der Waals surface area (Å²) in [6.45, 7) is 0.180. The number of hydrogen-bond donors (Lipinski definition) is 1. The zero-order chi connectivity index (χ0) is 18.8. The van der Waals surface area contributed by atoms with Gasteiger partial charge >= 0.3 is 0 Å². The summed E-state index contributed by atoms with van der Waals surface area (Å²) >= 11 is 0. The van der Waals surface area contributed by atoms with Crippen molar-refractivity contribution in [2.24, 2.45) is 5.73 Å². The van der Waals surface area contributed by atoms with Gasteiger partial charge in [-0.05, 0) is 30.7 Å². The van der Waals surface area contributed by atoms with E-state index in [1.165, 1.54) is 12.1 Å². The van der Waals surface area contributed by atoms with Crippen molar-refractivity contribution in [1.29, 1.82) is 0 Å². The molecular weight excluding hydrogens is 194 g/mol. The Balaban J connectivity index is 3.49. The number of nitrogens with two attached hydrogens (primary N) is 1. The molecule has 15 heavy (non-hydrogen) atoms. The lowest BCUT2D eigenvalue weighted by Gasteiger charge is -2.13. The van der Waals surface area contributed by atoms with E-state index in [4.69, 9.17) is 32.3 Å². The van der Waals surface area contributed by atoms with Crippen molar-refractivity contribution in [3.05, 3.63) is 17.7 Å². The summed E-state index contributed by atoms with van der Waals surface area (Å²) in [6.07, 6.45) is 0.253. The summed E-state index contributed by atoms with van der Waals surface area (Å²) in [5.41, 5.74) is 5.83. The van der Waals surface area contributed by atoms with Crippen molar-refractivity contribution >= 4 is 0 Å². The summed E-state index contributed by atoms with van der Waals surface area (Å²) in [5, 5.41) is 0. The van der Waals surface area contributed by atoms with Crippen molar-refractivity contribution in [2.75, 3.05) is 27.7 Å². The summed E-state index contributed by atoms with van der Waals surface area (Å²) in [6, 6.07) is 2.43. The Bertz CT molecular complexity index is 528. The lowest BCUT2D eigenvalue weighted by atomic mass is 10.1. The third-order valence-electron chi connectivity index (χ3n) is 1.84. The SMILES string of the molecule is [2H]C([2H])([2H])Oc1cc(CCN)cc(OC([2H])([2H])[2H])c1OC([2H])([2H])[2H]. The molecule has 0 heterocycles. The molecule has 0 fully saturated rings. The lowest BCUT2D eigenvalue weighted by molar-refractivity contribution is 0.324. The highest BCUT2D eigenvalue weighted by molar-refractivity contribution is 5.53. The third-order valence-corrected chi connectivity index (χ3v) is 1.84. The van der Waals surface area contributed by atoms with E-state index < -0.39 is 38.4 Å². The molecule has 0 aromatic heterocycles. The van der Waals surface area contributed by atoms with E-state index in [1.807, 2.05) is 0 Å². The van der Waals surface area contributed by atoms with Crippen molar-refractivity contribution < 1.29 is 26.5 Å². The fourth-order valence-electron chi connectivity index (χ4n) is 1.19. The van der Waals surface area contributed by atoms with Crippen LogP contribution in [0.5, 0.6) is 17.2 Å². The summed E-state index contributed by atoms with van der Waals surface area (Å²) in [4.78, 5) is 0. The van der Waals surface area contributed by atoms with Crippen molar-refractivity contribution in [3.63, 3.8) is 0 Å². The van der Waals surface area contributed by atoms with Crippen LogP contribution >= 0.6 is 0 Å². The third kappa shape index (κ3) is 2.53. The Labute approximate surface area is 103 Å². The minimum Gasteiger partial charge on any atom is -0.493 e. The molecule has 1 rings (SSSR count). The Morgan fingerprint density at radius 2 is 1.73 bits per heavy atom. The first-order chi connectivity index (χ1) is 10.7. The Morgan fingerprint density at radius 3 is 2.20 bits per heavy atom. The average Bonchev–Trinajstić information content (AvgIpc) is 2.28. The molecule has 0 saturated heterocycles. The monoisotopic (exact) mass is 220 g/mol. The van der Waals surface area contributed by atoms with E-state index >= 15 is 0 Å². The number of rotatable bonds is 5. The maximum absolute atomic E-state index is 7.16. The highest BCUT2D eigenvalue weighted by Crippen LogP contribution is 2.38. The van der Waals surface area contributed by atoms with E-state index in [0.717, 1.165) is 0 Å². The second-order valence-corrected chi connectivity index (χ2v) is 2.77. The topological polar surface area (TPSA) is 53.7 Å². The Hall–Kier alpha value is -1.42. The van der Waals surface area contributed by atoms with Crippen LogP contribution in [0.4, 0.5) is 0 Å². The molecule has 0 unspecified atom stereocenters. The van der Waals surface area contributed by atoms with Gasteiger partial charge in [-0.15, -0.1) is 0 Å². The first-order valence-electron chi connectivity index (χ1n) is 8.64. The van der Waals surface area contributed by atoms with Gasteiger partial charge in [0.15, 0.2) is 11.5 Å². The van der Waals surface area contributed by atoms with Gasteiger partial charge in [-0.2, -0.15) is 0 Å². The van der Waals surface area contributed by atoms with Crippen LogP contribution in [0.3, 0.4) is 0 Å². The number of ether oxygens (including phenoxy) is 3. The first-order valence-corrected chi connectivity index (χ1v) is 4.14. The molecule has 0 saturated carbocycles. The van der Waals surface area contributed by atoms with Crippen LogP contribution in [-0.4, -0.2) is 27.7 Å². The van der Waals surface area contributed by atoms with E-state index in [0.29, 0.717) is 5.56 Å². The molecule has 4 nitrogen and oxygen atoms in total. The van der Waals surface area contributed by atoms with Gasteiger partial charge in [0.25, 0.3) is 0 Å². The zero-order valence-electron chi connectivity index (χ0n) is 16.9. The van der Waals surface area contributed by atoms with Crippen LogP contribution < -0.4 is 19.9 Å². The summed E-state index contributed by atoms with van der Waals surface area (Å²) < 4.78 is 78.6. The molecular formula is C11H17NO3. The minimum atomic E-state index is -2.98. The van der Waals surface area contributed by atoms with Gasteiger partial charge in [-0.3, -0.25) is 0 Å². The minimum absolute atomic E-state index is 0.180. The van der Waals surface area contributed by atoms with Crippen molar-refractivity contribution in [3.8, 4) is 17.2 Å². The highest BCUT2D eigenvalue weighted by Gasteiger charge is 2.12. The number of methoxy groups -OCH3 is 3. The predicted molar refractivity (Wildman–Crippen MR) is 58.9 cm³/mol. The molecule has 0 aliphatic carbocycles. The second kappa shape index (κ2) is 5.46. The number of hydrogen-bond acceptors (Lipinski definition) is 4. The molecule has 1 aromatic carbocycles. The van der Waals surface area contributed by atoms with Gasteiger partial charge in [0.2, 0.25) is 5.75 Å². The standard InChI is InChI=1S/C11H17NO3/c1-13-9-6-8(4-5-12)7-10(14-2)11(9)15-3/h6-7H,4-5,12H2,1-3H3/i1D3,2D3,3D3.